The van der Waals surface area contributed by atoms with E-state index >= 15 is 0 Å². The highest BCUT2D eigenvalue weighted by Crippen LogP contribution is 2.26. The Morgan fingerprint density at radius 2 is 2.31 bits per heavy atom. The van der Waals surface area contributed by atoms with Gasteiger partial charge >= 0.3 is 0 Å². The Kier molecular flexibility index (Phi) is 3.74. The predicted octanol–water partition coefficient (Wildman–Crippen LogP) is 0.790. The summed E-state index contributed by atoms with van der Waals surface area (Å²) in [5, 5.41) is 8.70. The Labute approximate surface area is 95.4 Å². The molecule has 2 rings (SSSR count). The van der Waals surface area contributed by atoms with Gasteiger partial charge in [0, 0.05) is 30.8 Å². The maximum absolute atomic E-state index is 8.70. The van der Waals surface area contributed by atoms with Gasteiger partial charge in [-0.3, -0.25) is 0 Å². The van der Waals surface area contributed by atoms with Gasteiger partial charge in [0.05, 0.1) is 6.61 Å². The minimum atomic E-state index is 0.142. The topological polar surface area (TPSA) is 68.4 Å². The molecule has 4 heteroatoms. The number of hydrogen-bond acceptors (Lipinski definition) is 4. The van der Waals surface area contributed by atoms with Crippen LogP contribution in [0.1, 0.15) is 29.7 Å². The van der Waals surface area contributed by atoms with Crippen LogP contribution in [-0.4, -0.2) is 23.3 Å². The molecule has 1 heterocycles. The van der Waals surface area contributed by atoms with Crippen molar-refractivity contribution in [3.63, 3.8) is 0 Å². The molecule has 4 nitrogen and oxygen atoms in total. The molecule has 0 unspecified atom stereocenters. The molecule has 0 amide bonds. The zero-order chi connectivity index (χ0) is 11.4. The van der Waals surface area contributed by atoms with E-state index < -0.39 is 0 Å². The number of fused-ring (bicyclic) bond motifs is 1. The van der Waals surface area contributed by atoms with Crippen LogP contribution in [0.15, 0.2) is 6.07 Å². The highest BCUT2D eigenvalue weighted by atomic mass is 16.5. The Balaban J connectivity index is 2.15. The van der Waals surface area contributed by atoms with E-state index in [1.54, 1.807) is 0 Å². The van der Waals surface area contributed by atoms with Crippen LogP contribution in [0.25, 0.3) is 0 Å². The number of aliphatic hydroxyl groups excluding tert-OH is 1. The van der Waals surface area contributed by atoms with E-state index in [1.165, 1.54) is 12.0 Å². The molecule has 16 heavy (non-hydrogen) atoms. The van der Waals surface area contributed by atoms with E-state index in [-0.39, 0.29) is 6.61 Å². The number of aliphatic hydroxyl groups is 1. The lowest BCUT2D eigenvalue weighted by atomic mass is 10.1. The Hall–Kier alpha value is -1.13. The lowest BCUT2D eigenvalue weighted by molar-refractivity contribution is 0.228. The molecule has 0 saturated heterocycles. The van der Waals surface area contributed by atoms with Gasteiger partial charge < -0.3 is 15.6 Å². The molecule has 3 N–H and O–H groups in total. The molecule has 1 aromatic heterocycles. The Morgan fingerprint density at radius 3 is 3.06 bits per heavy atom. The highest BCUT2D eigenvalue weighted by Gasteiger charge is 2.16. The third-order valence-electron chi connectivity index (χ3n) is 2.85. The standard InChI is InChI=1S/C12H18N2O2/c13-8-10-7-9-3-1-4-11(9)14-12(10)16-6-2-5-15/h7,15H,1-6,8,13H2. The largest absolute Gasteiger partial charge is 0.477 e. The molecule has 1 aliphatic carbocycles. The summed E-state index contributed by atoms with van der Waals surface area (Å²) >= 11 is 0. The molecule has 0 radical (unpaired) electrons. The molecule has 1 aromatic rings. The average molecular weight is 222 g/mol. The molecule has 0 spiro atoms. The molecular formula is C12H18N2O2. The summed E-state index contributed by atoms with van der Waals surface area (Å²) in [6, 6.07) is 2.11. The second-order valence-electron chi connectivity index (χ2n) is 4.04. The summed E-state index contributed by atoms with van der Waals surface area (Å²) < 4.78 is 5.54. The summed E-state index contributed by atoms with van der Waals surface area (Å²) in [6.07, 6.45) is 3.94. The lowest BCUT2D eigenvalue weighted by Gasteiger charge is -2.11. The van der Waals surface area contributed by atoms with Gasteiger partial charge in [-0.15, -0.1) is 0 Å². The third kappa shape index (κ3) is 2.33. The minimum Gasteiger partial charge on any atom is -0.477 e. The number of aryl methyl sites for hydroxylation is 2. The van der Waals surface area contributed by atoms with Crippen molar-refractivity contribution in [1.82, 2.24) is 4.98 Å². The van der Waals surface area contributed by atoms with Crippen molar-refractivity contribution in [1.29, 1.82) is 0 Å². The van der Waals surface area contributed by atoms with Gasteiger partial charge in [-0.1, -0.05) is 0 Å². The number of aromatic nitrogens is 1. The van der Waals surface area contributed by atoms with Gasteiger partial charge in [0.1, 0.15) is 0 Å². The van der Waals surface area contributed by atoms with Crippen molar-refractivity contribution in [2.75, 3.05) is 13.2 Å². The zero-order valence-electron chi connectivity index (χ0n) is 9.41. The number of hydrogen-bond donors (Lipinski definition) is 2. The molecule has 0 aliphatic heterocycles. The van der Waals surface area contributed by atoms with Crippen LogP contribution in [0.5, 0.6) is 5.88 Å². The van der Waals surface area contributed by atoms with Crippen LogP contribution in [0.4, 0.5) is 0 Å². The average Bonchev–Trinajstić information content (AvgIpc) is 2.75. The fourth-order valence-electron chi connectivity index (χ4n) is 2.01. The number of nitrogens with zero attached hydrogens (tertiary/aromatic N) is 1. The van der Waals surface area contributed by atoms with Crippen LogP contribution in [0.2, 0.25) is 0 Å². The highest BCUT2D eigenvalue weighted by molar-refractivity contribution is 5.36. The van der Waals surface area contributed by atoms with Crippen LogP contribution >= 0.6 is 0 Å². The van der Waals surface area contributed by atoms with E-state index in [4.69, 9.17) is 15.6 Å². The van der Waals surface area contributed by atoms with E-state index in [1.807, 2.05) is 0 Å². The first-order valence-corrected chi connectivity index (χ1v) is 5.80. The SMILES string of the molecule is NCc1cc2c(nc1OCCCO)CCC2. The van der Waals surface area contributed by atoms with E-state index in [0.717, 1.165) is 24.1 Å². The Morgan fingerprint density at radius 1 is 1.44 bits per heavy atom. The number of ether oxygens (including phenoxy) is 1. The van der Waals surface area contributed by atoms with E-state index in [2.05, 4.69) is 11.1 Å². The number of nitrogens with two attached hydrogens (primary N) is 1. The van der Waals surface area contributed by atoms with Gasteiger partial charge in [0.15, 0.2) is 0 Å². The first-order valence-electron chi connectivity index (χ1n) is 5.80. The first-order chi connectivity index (χ1) is 7.85. The van der Waals surface area contributed by atoms with Crippen molar-refractivity contribution in [3.05, 3.63) is 22.9 Å². The van der Waals surface area contributed by atoms with Crippen molar-refractivity contribution in [3.8, 4) is 5.88 Å². The van der Waals surface area contributed by atoms with Gasteiger partial charge in [0.25, 0.3) is 0 Å². The van der Waals surface area contributed by atoms with Crippen LogP contribution < -0.4 is 10.5 Å². The molecule has 1 aliphatic rings. The second-order valence-corrected chi connectivity index (χ2v) is 4.04. The van der Waals surface area contributed by atoms with E-state index in [9.17, 15) is 0 Å². The molecule has 0 atom stereocenters. The molecule has 0 aromatic carbocycles. The first kappa shape index (κ1) is 11.4. The summed E-state index contributed by atoms with van der Waals surface area (Å²) in [5.74, 6) is 0.650. The quantitative estimate of drug-likeness (QED) is 0.723. The van der Waals surface area contributed by atoms with Gasteiger partial charge in [-0.05, 0) is 30.9 Å². The summed E-state index contributed by atoms with van der Waals surface area (Å²) in [7, 11) is 0. The van der Waals surface area contributed by atoms with Crippen molar-refractivity contribution in [2.45, 2.75) is 32.2 Å². The minimum absolute atomic E-state index is 0.142. The van der Waals surface area contributed by atoms with Crippen molar-refractivity contribution in [2.24, 2.45) is 5.73 Å². The summed E-state index contributed by atoms with van der Waals surface area (Å²) in [4.78, 5) is 4.51. The van der Waals surface area contributed by atoms with Gasteiger partial charge in [0.2, 0.25) is 5.88 Å². The van der Waals surface area contributed by atoms with Crippen molar-refractivity contribution < 1.29 is 9.84 Å². The van der Waals surface area contributed by atoms with Crippen molar-refractivity contribution >= 4 is 0 Å². The normalized spacial score (nSPS) is 13.9. The Bertz CT molecular complexity index is 366. The molecule has 0 fully saturated rings. The summed E-state index contributed by atoms with van der Waals surface area (Å²) in [5.41, 5.74) is 9.11. The van der Waals surface area contributed by atoms with Crippen LogP contribution in [0, 0.1) is 0 Å². The fraction of sp³-hybridized carbons (Fsp3) is 0.583. The molecular weight excluding hydrogens is 204 g/mol. The van der Waals surface area contributed by atoms with Crippen LogP contribution in [-0.2, 0) is 19.4 Å². The maximum atomic E-state index is 8.70. The lowest BCUT2D eigenvalue weighted by Crippen LogP contribution is -2.08. The van der Waals surface area contributed by atoms with E-state index in [0.29, 0.717) is 25.5 Å². The third-order valence-corrected chi connectivity index (χ3v) is 2.85. The smallest absolute Gasteiger partial charge is 0.218 e. The van der Waals surface area contributed by atoms with Gasteiger partial charge in [-0.2, -0.15) is 0 Å². The predicted molar refractivity (Wildman–Crippen MR) is 61.4 cm³/mol. The molecule has 0 bridgehead atoms. The maximum Gasteiger partial charge on any atom is 0.218 e. The fourth-order valence-corrected chi connectivity index (χ4v) is 2.01. The second kappa shape index (κ2) is 5.27. The molecule has 88 valence electrons. The number of pyridine rings is 1. The number of rotatable bonds is 5. The monoisotopic (exact) mass is 222 g/mol. The molecule has 0 saturated carbocycles. The van der Waals surface area contributed by atoms with Gasteiger partial charge in [-0.25, -0.2) is 4.98 Å². The van der Waals surface area contributed by atoms with Crippen LogP contribution in [0.3, 0.4) is 0 Å². The summed E-state index contributed by atoms with van der Waals surface area (Å²) in [6.45, 7) is 1.09. The zero-order valence-corrected chi connectivity index (χ0v) is 9.41.